The Kier molecular flexibility index (Phi) is 4.30. The summed E-state index contributed by atoms with van der Waals surface area (Å²) in [4.78, 5) is 0. The lowest BCUT2D eigenvalue weighted by Crippen LogP contribution is -2.05. The average molecular weight is 384 g/mol. The number of rotatable bonds is 4. The van der Waals surface area contributed by atoms with Crippen LogP contribution < -0.4 is 0 Å². The maximum absolute atomic E-state index is 6.39. The quantitative estimate of drug-likeness (QED) is 0.319. The lowest BCUT2D eigenvalue weighted by Gasteiger charge is -2.20. The summed E-state index contributed by atoms with van der Waals surface area (Å²) in [5, 5.41) is 7.25. The third-order valence-electron chi connectivity index (χ3n) is 6.13. The molecule has 0 aliphatic carbocycles. The Labute approximate surface area is 169 Å². The molecule has 0 saturated heterocycles. The Morgan fingerprint density at radius 3 is 1.86 bits per heavy atom. The van der Waals surface area contributed by atoms with Gasteiger partial charge in [0.1, 0.15) is 11.2 Å². The molecule has 0 aliphatic heterocycles. The molecule has 0 fully saturated rings. The largest absolute Gasteiger partial charge is 0.455 e. The zero-order chi connectivity index (χ0) is 20.1. The van der Waals surface area contributed by atoms with Gasteiger partial charge in [0.15, 0.2) is 0 Å². The fourth-order valence-electron chi connectivity index (χ4n) is 4.84. The van der Waals surface area contributed by atoms with Crippen molar-refractivity contribution in [3.63, 3.8) is 0 Å². The molecule has 5 rings (SSSR count). The predicted molar refractivity (Wildman–Crippen MR) is 120 cm³/mol. The summed E-state index contributed by atoms with van der Waals surface area (Å²) in [7, 11) is 3.50. The van der Waals surface area contributed by atoms with Crippen LogP contribution in [-0.4, -0.2) is 14.2 Å². The van der Waals surface area contributed by atoms with Crippen LogP contribution in [-0.2, 0) is 22.7 Å². The highest BCUT2D eigenvalue weighted by Gasteiger charge is 2.22. The molecule has 3 heteroatoms. The van der Waals surface area contributed by atoms with E-state index in [9.17, 15) is 0 Å². The molecule has 1 aromatic heterocycles. The first kappa shape index (κ1) is 18.2. The number of para-hydroxylation sites is 1. The topological polar surface area (TPSA) is 31.6 Å². The van der Waals surface area contributed by atoms with E-state index in [1.54, 1.807) is 14.2 Å². The molecule has 0 bridgehead atoms. The Morgan fingerprint density at radius 2 is 1.21 bits per heavy atom. The van der Waals surface area contributed by atoms with E-state index in [1.165, 1.54) is 43.8 Å². The summed E-state index contributed by atoms with van der Waals surface area (Å²) in [5.41, 5.74) is 6.80. The molecular formula is C26H24O3. The van der Waals surface area contributed by atoms with Gasteiger partial charge in [0.25, 0.3) is 0 Å². The molecule has 0 N–H and O–H groups in total. The standard InChI is InChI=1S/C26H24O3/c1-15-20(13-27-3)21(14-28-4)16(2)24-23(15)17-9-5-6-10-18(17)26-25(24)19-11-7-8-12-22(19)29-26/h5-12H,13-14H2,1-4H3. The number of ether oxygens (including phenoxy) is 2. The van der Waals surface area contributed by atoms with Crippen molar-refractivity contribution in [1.82, 2.24) is 0 Å². The summed E-state index contributed by atoms with van der Waals surface area (Å²) >= 11 is 0. The predicted octanol–water partition coefficient (Wildman–Crippen LogP) is 6.80. The van der Waals surface area contributed by atoms with Gasteiger partial charge in [0.05, 0.1) is 13.2 Å². The average Bonchev–Trinajstić information content (AvgIpc) is 3.13. The molecule has 5 aromatic rings. The normalized spacial score (nSPS) is 12.0. The highest BCUT2D eigenvalue weighted by molar-refractivity contribution is 6.31. The number of furan rings is 1. The Balaban J connectivity index is 2.14. The number of hydrogen-bond acceptors (Lipinski definition) is 3. The Hall–Kier alpha value is -2.88. The fraction of sp³-hybridized carbons (Fsp3) is 0.231. The van der Waals surface area contributed by atoms with Crippen LogP contribution in [0.2, 0.25) is 0 Å². The highest BCUT2D eigenvalue weighted by Crippen LogP contribution is 2.45. The monoisotopic (exact) mass is 384 g/mol. The zero-order valence-electron chi connectivity index (χ0n) is 17.3. The van der Waals surface area contributed by atoms with Gasteiger partial charge >= 0.3 is 0 Å². The molecule has 0 radical (unpaired) electrons. The molecule has 0 atom stereocenters. The highest BCUT2D eigenvalue weighted by atomic mass is 16.5. The van der Waals surface area contributed by atoms with Gasteiger partial charge in [-0.3, -0.25) is 0 Å². The molecule has 4 aromatic carbocycles. The van der Waals surface area contributed by atoms with Gasteiger partial charge in [-0.1, -0.05) is 42.5 Å². The van der Waals surface area contributed by atoms with E-state index in [2.05, 4.69) is 50.2 Å². The van der Waals surface area contributed by atoms with E-state index < -0.39 is 0 Å². The van der Waals surface area contributed by atoms with Crippen LogP contribution in [0.25, 0.3) is 43.5 Å². The maximum atomic E-state index is 6.39. The molecule has 0 spiro atoms. The fourth-order valence-corrected chi connectivity index (χ4v) is 4.84. The Morgan fingerprint density at radius 1 is 0.655 bits per heavy atom. The van der Waals surface area contributed by atoms with E-state index in [4.69, 9.17) is 13.9 Å². The Bertz CT molecular complexity index is 1390. The van der Waals surface area contributed by atoms with E-state index in [1.807, 2.05) is 12.1 Å². The molecule has 0 unspecified atom stereocenters. The molecule has 1 heterocycles. The first-order valence-electron chi connectivity index (χ1n) is 9.91. The van der Waals surface area contributed by atoms with Gasteiger partial charge in [0.2, 0.25) is 0 Å². The number of aryl methyl sites for hydroxylation is 2. The van der Waals surface area contributed by atoms with Crippen LogP contribution in [0.4, 0.5) is 0 Å². The number of benzene rings is 4. The van der Waals surface area contributed by atoms with Gasteiger partial charge in [-0.15, -0.1) is 0 Å². The van der Waals surface area contributed by atoms with Crippen molar-refractivity contribution in [3.8, 4) is 0 Å². The number of hydrogen-bond donors (Lipinski definition) is 0. The lowest BCUT2D eigenvalue weighted by molar-refractivity contribution is 0.167. The summed E-state index contributed by atoms with van der Waals surface area (Å²) in [6, 6.07) is 16.9. The number of fused-ring (bicyclic) bond motifs is 8. The smallest absolute Gasteiger partial charge is 0.143 e. The minimum absolute atomic E-state index is 0.561. The summed E-state index contributed by atoms with van der Waals surface area (Å²) in [6.45, 7) is 5.53. The SMILES string of the molecule is COCc1c(COC)c(C)c2c(c1C)c1ccccc1c1oc3ccccc3c12. The van der Waals surface area contributed by atoms with E-state index >= 15 is 0 Å². The van der Waals surface area contributed by atoms with E-state index in [-0.39, 0.29) is 0 Å². The first-order chi connectivity index (χ1) is 14.2. The summed E-state index contributed by atoms with van der Waals surface area (Å²) in [6.07, 6.45) is 0. The molecular weight excluding hydrogens is 360 g/mol. The van der Waals surface area contributed by atoms with E-state index in [0.29, 0.717) is 13.2 Å². The first-order valence-corrected chi connectivity index (χ1v) is 9.91. The second kappa shape index (κ2) is 6.87. The van der Waals surface area contributed by atoms with Crippen LogP contribution in [0, 0.1) is 13.8 Å². The second-order valence-corrected chi connectivity index (χ2v) is 7.67. The van der Waals surface area contributed by atoms with Crippen LogP contribution >= 0.6 is 0 Å². The van der Waals surface area contributed by atoms with Gasteiger partial charge in [-0.2, -0.15) is 0 Å². The van der Waals surface area contributed by atoms with E-state index in [0.717, 1.165) is 21.9 Å². The third-order valence-corrected chi connectivity index (χ3v) is 6.13. The van der Waals surface area contributed by atoms with Crippen LogP contribution in [0.3, 0.4) is 0 Å². The van der Waals surface area contributed by atoms with Crippen LogP contribution in [0.1, 0.15) is 22.3 Å². The molecule has 146 valence electrons. The molecule has 0 saturated carbocycles. The van der Waals surface area contributed by atoms with Crippen LogP contribution in [0.5, 0.6) is 0 Å². The van der Waals surface area contributed by atoms with Crippen molar-refractivity contribution in [2.24, 2.45) is 0 Å². The van der Waals surface area contributed by atoms with Crippen molar-refractivity contribution >= 4 is 43.5 Å². The van der Waals surface area contributed by atoms with Gasteiger partial charge in [0, 0.05) is 30.4 Å². The van der Waals surface area contributed by atoms with Crippen molar-refractivity contribution in [2.75, 3.05) is 14.2 Å². The van der Waals surface area contributed by atoms with Crippen LogP contribution in [0.15, 0.2) is 52.9 Å². The lowest BCUT2D eigenvalue weighted by atomic mass is 9.85. The van der Waals surface area contributed by atoms with Gasteiger partial charge < -0.3 is 13.9 Å². The van der Waals surface area contributed by atoms with Gasteiger partial charge in [-0.25, -0.2) is 0 Å². The molecule has 0 amide bonds. The third kappa shape index (κ3) is 2.51. The molecule has 3 nitrogen and oxygen atoms in total. The molecule has 29 heavy (non-hydrogen) atoms. The van der Waals surface area contributed by atoms with Crippen molar-refractivity contribution < 1.29 is 13.9 Å². The molecule has 0 aliphatic rings. The zero-order valence-corrected chi connectivity index (χ0v) is 17.3. The minimum atomic E-state index is 0.561. The number of methoxy groups -OCH3 is 2. The van der Waals surface area contributed by atoms with Crippen molar-refractivity contribution in [1.29, 1.82) is 0 Å². The summed E-state index contributed by atoms with van der Waals surface area (Å²) in [5.74, 6) is 0. The maximum Gasteiger partial charge on any atom is 0.143 e. The van der Waals surface area contributed by atoms with Crippen molar-refractivity contribution in [2.45, 2.75) is 27.1 Å². The van der Waals surface area contributed by atoms with Crippen molar-refractivity contribution in [3.05, 3.63) is 70.8 Å². The summed E-state index contributed by atoms with van der Waals surface area (Å²) < 4.78 is 17.6. The minimum Gasteiger partial charge on any atom is -0.455 e. The van der Waals surface area contributed by atoms with Gasteiger partial charge in [-0.05, 0) is 58.3 Å². The second-order valence-electron chi connectivity index (χ2n) is 7.67.